The van der Waals surface area contributed by atoms with Crippen molar-refractivity contribution in [1.82, 2.24) is 14.5 Å². The summed E-state index contributed by atoms with van der Waals surface area (Å²) >= 11 is 0. The van der Waals surface area contributed by atoms with Crippen molar-refractivity contribution in [3.63, 3.8) is 0 Å². The summed E-state index contributed by atoms with van der Waals surface area (Å²) in [5.41, 5.74) is -3.38. The van der Waals surface area contributed by atoms with Crippen molar-refractivity contribution in [1.29, 1.82) is 0 Å². The number of allylic oxidation sites excluding steroid dienone is 1. The van der Waals surface area contributed by atoms with Gasteiger partial charge in [0.05, 0.1) is 23.1 Å². The van der Waals surface area contributed by atoms with E-state index in [9.17, 15) is 27.5 Å². The molecule has 0 spiro atoms. The van der Waals surface area contributed by atoms with Crippen LogP contribution in [-0.2, 0) is 12.5 Å². The molecule has 10 heteroatoms. The summed E-state index contributed by atoms with van der Waals surface area (Å²) in [5, 5.41) is 13.0. The van der Waals surface area contributed by atoms with Gasteiger partial charge in [-0.05, 0) is 19.9 Å². The second kappa shape index (κ2) is 8.70. The number of nitrogens with zero attached hydrogens (tertiary/aromatic N) is 3. The highest BCUT2D eigenvalue weighted by Gasteiger charge is 2.48. The number of alkyl halides is 3. The molecule has 0 radical (unpaired) electrons. The van der Waals surface area contributed by atoms with E-state index in [4.69, 9.17) is 0 Å². The number of hydrogen-bond donors (Lipinski definition) is 2. The predicted octanol–water partition coefficient (Wildman–Crippen LogP) is 4.24. The average Bonchev–Trinajstić information content (AvgIpc) is 2.71. The Morgan fingerprint density at radius 1 is 1.28 bits per heavy atom. The van der Waals surface area contributed by atoms with Crippen LogP contribution in [0.2, 0.25) is 0 Å². The van der Waals surface area contributed by atoms with Crippen LogP contribution < -0.4 is 10.9 Å². The molecule has 0 saturated carbocycles. The molecule has 2 aromatic heterocycles. The number of rotatable bonds is 8. The summed E-state index contributed by atoms with van der Waals surface area (Å²) in [6.07, 6.45) is 2.54. The number of benzene rings is 1. The molecule has 3 aromatic rings. The Bertz CT molecular complexity index is 1220. The molecule has 0 aliphatic carbocycles. The van der Waals surface area contributed by atoms with E-state index in [0.717, 1.165) is 19.9 Å². The van der Waals surface area contributed by atoms with Crippen LogP contribution in [-0.4, -0.2) is 31.9 Å². The monoisotopic (exact) mass is 450 g/mol. The number of aliphatic hydroxyl groups is 1. The lowest BCUT2D eigenvalue weighted by molar-refractivity contribution is -0.170. The van der Waals surface area contributed by atoms with Gasteiger partial charge in [-0.1, -0.05) is 18.7 Å². The number of fused-ring (bicyclic) bond motifs is 1. The topological polar surface area (TPSA) is 80.0 Å². The van der Waals surface area contributed by atoms with Crippen LogP contribution in [0.3, 0.4) is 0 Å². The van der Waals surface area contributed by atoms with Gasteiger partial charge in [0.2, 0.25) is 0 Å². The molecule has 2 N–H and O–H groups in total. The van der Waals surface area contributed by atoms with Crippen molar-refractivity contribution in [3.8, 4) is 0 Å². The largest absolute Gasteiger partial charge is 0.384 e. The Kier molecular flexibility index (Phi) is 6.36. The molecule has 0 saturated heterocycles. The summed E-state index contributed by atoms with van der Waals surface area (Å²) in [6.45, 7) is 4.60. The Morgan fingerprint density at radius 2 is 2.00 bits per heavy atom. The standard InChI is InChI=1S/C22H22F4N4O2/c1-13(7-8-23)30-11-15-17(9-18(30)31)28-12-29-20(15)27-10-14-5-4-6-16(19(14)24)22(25,26)21(2,3)32/h4-6,9,11-12,32H,1,7-8,10H2,2-3H3,(H,27,28,29). The van der Waals surface area contributed by atoms with Gasteiger partial charge in [0.15, 0.2) is 0 Å². The molecule has 2 heterocycles. The van der Waals surface area contributed by atoms with Crippen molar-refractivity contribution in [3.05, 3.63) is 70.7 Å². The third-order valence-electron chi connectivity index (χ3n) is 5.03. The smallest absolute Gasteiger partial charge is 0.303 e. The van der Waals surface area contributed by atoms with Crippen LogP contribution in [0.25, 0.3) is 16.6 Å². The van der Waals surface area contributed by atoms with Gasteiger partial charge in [-0.3, -0.25) is 13.8 Å². The molecule has 6 nitrogen and oxygen atoms in total. The molecule has 0 aliphatic rings. The van der Waals surface area contributed by atoms with E-state index in [-0.39, 0.29) is 30.0 Å². The van der Waals surface area contributed by atoms with E-state index < -0.39 is 35.1 Å². The number of anilines is 1. The van der Waals surface area contributed by atoms with Crippen molar-refractivity contribution in [2.75, 3.05) is 12.0 Å². The quantitative estimate of drug-likeness (QED) is 0.502. The first-order valence-corrected chi connectivity index (χ1v) is 9.71. The minimum atomic E-state index is -3.82. The highest BCUT2D eigenvalue weighted by atomic mass is 19.3. The van der Waals surface area contributed by atoms with Crippen molar-refractivity contribution in [2.24, 2.45) is 0 Å². The first kappa shape index (κ1) is 23.4. The van der Waals surface area contributed by atoms with Crippen molar-refractivity contribution >= 4 is 22.4 Å². The summed E-state index contributed by atoms with van der Waals surface area (Å²) in [4.78, 5) is 20.4. The molecule has 170 valence electrons. The fourth-order valence-corrected chi connectivity index (χ4v) is 3.12. The molecule has 1 aromatic carbocycles. The van der Waals surface area contributed by atoms with E-state index in [1.165, 1.54) is 35.3 Å². The van der Waals surface area contributed by atoms with Gasteiger partial charge in [0.1, 0.15) is 23.6 Å². The van der Waals surface area contributed by atoms with Crippen molar-refractivity contribution in [2.45, 2.75) is 38.3 Å². The zero-order valence-electron chi connectivity index (χ0n) is 17.5. The van der Waals surface area contributed by atoms with Crippen LogP contribution in [0, 0.1) is 5.82 Å². The van der Waals surface area contributed by atoms with Gasteiger partial charge >= 0.3 is 5.92 Å². The first-order valence-electron chi connectivity index (χ1n) is 9.71. The number of halogens is 4. The minimum absolute atomic E-state index is 0.0463. The van der Waals surface area contributed by atoms with Crippen LogP contribution in [0.5, 0.6) is 0 Å². The maximum absolute atomic E-state index is 14.9. The fourth-order valence-electron chi connectivity index (χ4n) is 3.12. The summed E-state index contributed by atoms with van der Waals surface area (Å²) in [5.74, 6) is -4.75. The second-order valence-corrected chi connectivity index (χ2v) is 7.77. The highest BCUT2D eigenvalue weighted by molar-refractivity contribution is 5.88. The Morgan fingerprint density at radius 3 is 2.66 bits per heavy atom. The van der Waals surface area contributed by atoms with E-state index in [2.05, 4.69) is 21.9 Å². The molecule has 0 unspecified atom stereocenters. The molecular weight excluding hydrogens is 428 g/mol. The van der Waals surface area contributed by atoms with Crippen LogP contribution in [0.4, 0.5) is 23.4 Å². The minimum Gasteiger partial charge on any atom is -0.384 e. The molecule has 3 rings (SSSR count). The van der Waals surface area contributed by atoms with E-state index in [0.29, 0.717) is 10.9 Å². The molecule has 0 atom stereocenters. The van der Waals surface area contributed by atoms with Gasteiger partial charge in [0.25, 0.3) is 5.56 Å². The lowest BCUT2D eigenvalue weighted by Crippen LogP contribution is -2.41. The Balaban J connectivity index is 1.97. The Hall–Kier alpha value is -3.27. The molecule has 0 bridgehead atoms. The third kappa shape index (κ3) is 4.36. The molecular formula is C22H22F4N4O2. The highest BCUT2D eigenvalue weighted by Crippen LogP contribution is 2.40. The molecule has 0 aliphatic heterocycles. The summed E-state index contributed by atoms with van der Waals surface area (Å²) in [6, 6.07) is 4.75. The van der Waals surface area contributed by atoms with Gasteiger partial charge in [-0.25, -0.2) is 14.4 Å². The SMILES string of the molecule is C=C(CCF)n1cc2c(NCc3cccc(C(F)(F)C(C)(C)O)c3F)ncnc2cc1=O. The number of hydrogen-bond acceptors (Lipinski definition) is 5. The normalized spacial score (nSPS) is 12.2. The van der Waals surface area contributed by atoms with Crippen LogP contribution in [0.1, 0.15) is 31.4 Å². The van der Waals surface area contributed by atoms with Gasteiger partial charge in [-0.15, -0.1) is 0 Å². The van der Waals surface area contributed by atoms with Gasteiger partial charge in [0, 0.05) is 36.5 Å². The van der Waals surface area contributed by atoms with Crippen molar-refractivity contribution < 1.29 is 22.7 Å². The number of aromatic nitrogens is 3. The molecule has 32 heavy (non-hydrogen) atoms. The fraction of sp³-hybridized carbons (Fsp3) is 0.318. The van der Waals surface area contributed by atoms with Gasteiger partial charge < -0.3 is 10.4 Å². The van der Waals surface area contributed by atoms with Crippen LogP contribution >= 0.6 is 0 Å². The van der Waals surface area contributed by atoms with E-state index >= 15 is 0 Å². The molecule has 0 fully saturated rings. The third-order valence-corrected chi connectivity index (χ3v) is 5.03. The zero-order valence-corrected chi connectivity index (χ0v) is 17.5. The van der Waals surface area contributed by atoms with Gasteiger partial charge in [-0.2, -0.15) is 8.78 Å². The number of pyridine rings is 1. The predicted molar refractivity (Wildman–Crippen MR) is 114 cm³/mol. The maximum Gasteiger partial charge on any atom is 0.303 e. The average molecular weight is 450 g/mol. The maximum atomic E-state index is 14.9. The first-order chi connectivity index (χ1) is 15.0. The van der Waals surface area contributed by atoms with E-state index in [1.54, 1.807) is 0 Å². The Labute approximate surface area is 181 Å². The lowest BCUT2D eigenvalue weighted by Gasteiger charge is -2.30. The van der Waals surface area contributed by atoms with Crippen LogP contribution in [0.15, 0.2) is 48.2 Å². The molecule has 0 amide bonds. The summed E-state index contributed by atoms with van der Waals surface area (Å²) in [7, 11) is 0. The lowest BCUT2D eigenvalue weighted by atomic mass is 9.92. The van der Waals surface area contributed by atoms with E-state index in [1.807, 2.05) is 0 Å². The summed E-state index contributed by atoms with van der Waals surface area (Å²) < 4.78 is 57.7. The zero-order chi connectivity index (χ0) is 23.7. The second-order valence-electron chi connectivity index (χ2n) is 7.77. The number of nitrogens with one attached hydrogen (secondary N) is 1.